The molecule has 0 saturated carbocycles. The van der Waals surface area contributed by atoms with Crippen molar-refractivity contribution in [2.24, 2.45) is 0 Å². The maximum Gasteiger partial charge on any atom is 0.269 e. The standard InChI is InChI=1S/C18H22N2O4S/c1-3-5-6-7-12-19-17(21)15(16(18(19)22)25-4-2)13-8-10-14(11-9-13)20(23)24/h8-11H,3-7,12H2,1-2H3. The van der Waals surface area contributed by atoms with E-state index in [1.165, 1.54) is 40.9 Å². The Kier molecular flexibility index (Phi) is 6.75. The minimum Gasteiger partial charge on any atom is -0.274 e. The van der Waals surface area contributed by atoms with Crippen LogP contribution in [0.25, 0.3) is 5.57 Å². The normalized spacial score (nSPS) is 14.6. The van der Waals surface area contributed by atoms with E-state index in [1.54, 1.807) is 0 Å². The molecule has 0 radical (unpaired) electrons. The summed E-state index contributed by atoms with van der Waals surface area (Å²) >= 11 is 1.35. The van der Waals surface area contributed by atoms with Gasteiger partial charge in [0.05, 0.1) is 15.4 Å². The van der Waals surface area contributed by atoms with Crippen molar-refractivity contribution in [3.8, 4) is 0 Å². The summed E-state index contributed by atoms with van der Waals surface area (Å²) in [5.41, 5.74) is 0.875. The van der Waals surface area contributed by atoms with Crippen molar-refractivity contribution in [2.45, 2.75) is 39.5 Å². The lowest BCUT2D eigenvalue weighted by Gasteiger charge is -2.14. The predicted molar refractivity (Wildman–Crippen MR) is 99.0 cm³/mol. The molecule has 0 spiro atoms. The van der Waals surface area contributed by atoms with E-state index < -0.39 is 4.92 Å². The number of hydrogen-bond donors (Lipinski definition) is 0. The fourth-order valence-corrected chi connectivity index (χ4v) is 3.61. The van der Waals surface area contributed by atoms with Gasteiger partial charge >= 0.3 is 0 Å². The minimum atomic E-state index is -0.485. The van der Waals surface area contributed by atoms with E-state index in [9.17, 15) is 19.7 Å². The number of thioether (sulfide) groups is 1. The number of imide groups is 1. The molecular formula is C18H22N2O4S. The summed E-state index contributed by atoms with van der Waals surface area (Å²) in [6.45, 7) is 4.45. The highest BCUT2D eigenvalue weighted by Gasteiger charge is 2.38. The maximum absolute atomic E-state index is 12.8. The topological polar surface area (TPSA) is 80.5 Å². The van der Waals surface area contributed by atoms with Crippen LogP contribution in [0.4, 0.5) is 5.69 Å². The number of nitrogens with zero attached hydrogens (tertiary/aromatic N) is 2. The number of rotatable bonds is 9. The predicted octanol–water partition coefficient (Wildman–Crippen LogP) is 4.01. The van der Waals surface area contributed by atoms with E-state index >= 15 is 0 Å². The Hall–Kier alpha value is -2.15. The minimum absolute atomic E-state index is 0.0396. The third-order valence-corrected chi connectivity index (χ3v) is 4.97. The van der Waals surface area contributed by atoms with Crippen molar-refractivity contribution in [3.05, 3.63) is 44.8 Å². The number of nitro groups is 1. The van der Waals surface area contributed by atoms with Gasteiger partial charge in [-0.05, 0) is 29.9 Å². The fraction of sp³-hybridized carbons (Fsp3) is 0.444. The molecule has 2 amide bonds. The highest BCUT2D eigenvalue weighted by atomic mass is 32.2. The van der Waals surface area contributed by atoms with Crippen LogP contribution in [0.1, 0.15) is 45.1 Å². The number of non-ortho nitro benzene ring substituents is 1. The number of carbonyl (C=O) groups excluding carboxylic acids is 2. The van der Waals surface area contributed by atoms with E-state index in [1.807, 2.05) is 6.92 Å². The number of benzene rings is 1. The van der Waals surface area contributed by atoms with Crippen LogP contribution >= 0.6 is 11.8 Å². The summed E-state index contributed by atoms with van der Waals surface area (Å²) in [6.07, 6.45) is 3.94. The van der Waals surface area contributed by atoms with Crippen LogP contribution in [0.15, 0.2) is 29.2 Å². The molecule has 1 aromatic carbocycles. The number of hydrogen-bond acceptors (Lipinski definition) is 5. The lowest BCUT2D eigenvalue weighted by Crippen LogP contribution is -2.32. The van der Waals surface area contributed by atoms with Crippen molar-refractivity contribution in [2.75, 3.05) is 12.3 Å². The van der Waals surface area contributed by atoms with E-state index in [0.717, 1.165) is 25.7 Å². The molecular weight excluding hydrogens is 340 g/mol. The molecule has 25 heavy (non-hydrogen) atoms. The van der Waals surface area contributed by atoms with Crippen LogP contribution in [0, 0.1) is 10.1 Å². The third-order valence-electron chi connectivity index (χ3n) is 4.02. The number of unbranched alkanes of at least 4 members (excludes halogenated alkanes) is 3. The number of nitro benzene ring substituents is 1. The molecule has 0 unspecified atom stereocenters. The van der Waals surface area contributed by atoms with Crippen LogP contribution in [-0.2, 0) is 9.59 Å². The van der Waals surface area contributed by atoms with Crippen LogP contribution in [0.2, 0.25) is 0 Å². The Balaban J connectivity index is 2.27. The van der Waals surface area contributed by atoms with E-state index in [0.29, 0.717) is 28.3 Å². The van der Waals surface area contributed by atoms with Crippen LogP contribution in [0.3, 0.4) is 0 Å². The molecule has 1 aliphatic heterocycles. The molecule has 1 aromatic rings. The van der Waals surface area contributed by atoms with Crippen molar-refractivity contribution in [1.82, 2.24) is 4.90 Å². The molecule has 2 rings (SSSR count). The Morgan fingerprint density at radius 1 is 1.04 bits per heavy atom. The molecule has 0 atom stereocenters. The van der Waals surface area contributed by atoms with Gasteiger partial charge in [0, 0.05) is 18.7 Å². The summed E-state index contributed by atoms with van der Waals surface area (Å²) in [5.74, 6) is 0.127. The SMILES string of the molecule is CCCCCCN1C(=O)C(SCC)=C(c2ccc([N+](=O)[O-])cc2)C1=O. The molecule has 0 bridgehead atoms. The number of carbonyl (C=O) groups is 2. The van der Waals surface area contributed by atoms with Gasteiger partial charge in [0.25, 0.3) is 17.5 Å². The van der Waals surface area contributed by atoms with Gasteiger partial charge < -0.3 is 0 Å². The average molecular weight is 362 g/mol. The second-order valence-corrected chi connectivity index (χ2v) is 7.04. The molecule has 6 nitrogen and oxygen atoms in total. The van der Waals surface area contributed by atoms with E-state index in [2.05, 4.69) is 6.92 Å². The van der Waals surface area contributed by atoms with Crippen molar-refractivity contribution in [1.29, 1.82) is 0 Å². The Morgan fingerprint density at radius 2 is 1.72 bits per heavy atom. The second kappa shape index (κ2) is 8.80. The van der Waals surface area contributed by atoms with E-state index in [-0.39, 0.29) is 17.5 Å². The zero-order chi connectivity index (χ0) is 18.4. The average Bonchev–Trinajstić information content (AvgIpc) is 2.83. The molecule has 0 saturated heterocycles. The second-order valence-electron chi connectivity index (χ2n) is 5.76. The lowest BCUT2D eigenvalue weighted by molar-refractivity contribution is -0.384. The number of amides is 2. The smallest absolute Gasteiger partial charge is 0.269 e. The fourth-order valence-electron chi connectivity index (χ4n) is 2.74. The van der Waals surface area contributed by atoms with Gasteiger partial charge in [-0.25, -0.2) is 0 Å². The molecule has 0 fully saturated rings. The molecule has 134 valence electrons. The van der Waals surface area contributed by atoms with Crippen molar-refractivity contribution < 1.29 is 14.5 Å². The third kappa shape index (κ3) is 4.28. The highest BCUT2D eigenvalue weighted by molar-refractivity contribution is 8.04. The molecule has 0 aromatic heterocycles. The monoisotopic (exact) mass is 362 g/mol. The summed E-state index contributed by atoms with van der Waals surface area (Å²) in [6, 6.07) is 5.79. The Morgan fingerprint density at radius 3 is 2.28 bits per heavy atom. The quantitative estimate of drug-likeness (QED) is 0.287. The van der Waals surface area contributed by atoms with Gasteiger partial charge in [-0.15, -0.1) is 11.8 Å². The zero-order valence-electron chi connectivity index (χ0n) is 14.5. The van der Waals surface area contributed by atoms with Gasteiger partial charge in [-0.1, -0.05) is 33.1 Å². The van der Waals surface area contributed by atoms with Gasteiger partial charge in [0.2, 0.25) is 0 Å². The molecule has 7 heteroatoms. The first-order valence-electron chi connectivity index (χ1n) is 8.49. The summed E-state index contributed by atoms with van der Waals surface area (Å²) in [7, 11) is 0. The molecule has 1 heterocycles. The van der Waals surface area contributed by atoms with Gasteiger partial charge in [-0.3, -0.25) is 24.6 Å². The Labute approximate surface area is 151 Å². The van der Waals surface area contributed by atoms with Gasteiger partial charge in [0.15, 0.2) is 0 Å². The van der Waals surface area contributed by atoms with Crippen LogP contribution in [-0.4, -0.2) is 33.9 Å². The van der Waals surface area contributed by atoms with Crippen molar-refractivity contribution in [3.63, 3.8) is 0 Å². The maximum atomic E-state index is 12.8. The molecule has 0 N–H and O–H groups in total. The van der Waals surface area contributed by atoms with Gasteiger partial charge in [0.1, 0.15) is 0 Å². The zero-order valence-corrected chi connectivity index (χ0v) is 15.3. The van der Waals surface area contributed by atoms with E-state index in [4.69, 9.17) is 0 Å². The molecule has 0 aliphatic carbocycles. The van der Waals surface area contributed by atoms with Crippen LogP contribution < -0.4 is 0 Å². The first kappa shape index (κ1) is 19.2. The van der Waals surface area contributed by atoms with Crippen LogP contribution in [0.5, 0.6) is 0 Å². The van der Waals surface area contributed by atoms with Gasteiger partial charge in [-0.2, -0.15) is 0 Å². The summed E-state index contributed by atoms with van der Waals surface area (Å²) < 4.78 is 0. The lowest BCUT2D eigenvalue weighted by atomic mass is 10.1. The summed E-state index contributed by atoms with van der Waals surface area (Å²) in [4.78, 5) is 37.5. The largest absolute Gasteiger partial charge is 0.274 e. The Bertz CT molecular complexity index is 698. The van der Waals surface area contributed by atoms with Crippen molar-refractivity contribution >= 4 is 34.8 Å². The summed E-state index contributed by atoms with van der Waals surface area (Å²) in [5, 5.41) is 10.8. The highest BCUT2D eigenvalue weighted by Crippen LogP contribution is 2.36. The molecule has 1 aliphatic rings. The first-order valence-corrected chi connectivity index (χ1v) is 9.47. The first-order chi connectivity index (χ1) is 12.0.